The summed E-state index contributed by atoms with van der Waals surface area (Å²) >= 11 is 0. The molecule has 37 heavy (non-hydrogen) atoms. The molecular weight excluding hydrogens is 472 g/mol. The normalized spacial score (nSPS) is 31.9. The third-order valence-corrected chi connectivity index (χ3v) is 9.34. The maximum atomic E-state index is 13.6. The predicted octanol–water partition coefficient (Wildman–Crippen LogP) is 2.69. The second-order valence-electron chi connectivity index (χ2n) is 12.3. The fourth-order valence-corrected chi connectivity index (χ4v) is 7.31. The first-order valence-corrected chi connectivity index (χ1v) is 13.7. The molecule has 1 aromatic rings. The van der Waals surface area contributed by atoms with E-state index < -0.39 is 34.9 Å². The molecule has 1 amide bonds. The number of benzene rings is 1. The van der Waals surface area contributed by atoms with Crippen LogP contribution in [0.5, 0.6) is 5.75 Å². The molecule has 1 saturated heterocycles. The number of carboxylic acids is 1. The number of ether oxygens (including phenoxy) is 1. The molecule has 2 saturated carbocycles. The number of carboxylic acid groups (broad SMARTS) is 1. The van der Waals surface area contributed by atoms with Crippen molar-refractivity contribution >= 4 is 17.7 Å². The molecule has 2 bridgehead atoms. The van der Waals surface area contributed by atoms with Gasteiger partial charge in [-0.3, -0.25) is 14.5 Å². The van der Waals surface area contributed by atoms with Crippen LogP contribution in [-0.2, 0) is 26.2 Å². The highest BCUT2D eigenvalue weighted by Gasteiger charge is 2.66. The highest BCUT2D eigenvalue weighted by molar-refractivity contribution is 5.91. The number of rotatable bonds is 9. The molecule has 0 spiro atoms. The molecule has 3 fully saturated rings. The Morgan fingerprint density at radius 3 is 2.68 bits per heavy atom. The Morgan fingerprint density at radius 1 is 1.27 bits per heavy atom. The Morgan fingerprint density at radius 2 is 2.03 bits per heavy atom. The lowest BCUT2D eigenvalue weighted by Crippen LogP contribution is -2.74. The van der Waals surface area contributed by atoms with Crippen molar-refractivity contribution in [3.8, 4) is 5.75 Å². The number of nitrogens with zero attached hydrogens (tertiary/aromatic N) is 1. The van der Waals surface area contributed by atoms with Crippen LogP contribution < -0.4 is 10.1 Å². The monoisotopic (exact) mass is 512 g/mol. The minimum Gasteiger partial charge on any atom is -0.497 e. The minimum atomic E-state index is -1.15. The number of fused-ring (bicyclic) bond motifs is 1. The molecule has 3 N–H and O–H groups in total. The van der Waals surface area contributed by atoms with Crippen LogP contribution in [0.2, 0.25) is 0 Å². The molecule has 3 aliphatic carbocycles. The first-order chi connectivity index (χ1) is 17.6. The standard InChI is InChI=1S/C29H40N2O6/c1-17(2)10-23(27(34)35)30-26(33)12-20-14-29(36)25-11-19-6-7-21(37-3)13-22(19)28(29,15-24(20)32)8-9-31(25)16-18-4-5-18/h6-7,13,17-18,20,23,25,36H,4-5,8-12,14-16H2,1-3H3,(H,30,33)(H,34,35). The zero-order valence-electron chi connectivity index (χ0n) is 22.2. The highest BCUT2D eigenvalue weighted by Crippen LogP contribution is 2.59. The van der Waals surface area contributed by atoms with Gasteiger partial charge in [0.1, 0.15) is 17.6 Å². The van der Waals surface area contributed by atoms with E-state index in [9.17, 15) is 24.6 Å². The summed E-state index contributed by atoms with van der Waals surface area (Å²) in [5.41, 5.74) is 0.321. The van der Waals surface area contributed by atoms with Gasteiger partial charge in [-0.2, -0.15) is 0 Å². The molecule has 1 aliphatic heterocycles. The van der Waals surface area contributed by atoms with Gasteiger partial charge in [0.05, 0.1) is 12.7 Å². The third-order valence-electron chi connectivity index (χ3n) is 9.34. The molecule has 5 unspecified atom stereocenters. The summed E-state index contributed by atoms with van der Waals surface area (Å²) in [7, 11) is 1.62. The van der Waals surface area contributed by atoms with E-state index in [0.29, 0.717) is 30.9 Å². The summed E-state index contributed by atoms with van der Waals surface area (Å²) in [4.78, 5) is 40.6. The molecule has 8 heteroatoms. The Hall–Kier alpha value is -2.45. The van der Waals surface area contributed by atoms with Gasteiger partial charge in [0.15, 0.2) is 0 Å². The minimum absolute atomic E-state index is 0.0272. The van der Waals surface area contributed by atoms with Crippen molar-refractivity contribution in [2.75, 3.05) is 20.2 Å². The number of amides is 1. The van der Waals surface area contributed by atoms with Crippen molar-refractivity contribution < 1.29 is 29.3 Å². The third kappa shape index (κ3) is 4.67. The van der Waals surface area contributed by atoms with Gasteiger partial charge < -0.3 is 20.3 Å². The number of likely N-dealkylation sites (tertiary alicyclic amines) is 1. The smallest absolute Gasteiger partial charge is 0.326 e. The summed E-state index contributed by atoms with van der Waals surface area (Å²) in [6.07, 6.45) is 4.46. The highest BCUT2D eigenvalue weighted by atomic mass is 16.5. The summed E-state index contributed by atoms with van der Waals surface area (Å²) in [5, 5.41) is 24.8. The van der Waals surface area contributed by atoms with E-state index in [4.69, 9.17) is 4.74 Å². The summed E-state index contributed by atoms with van der Waals surface area (Å²) in [6.45, 7) is 5.62. The van der Waals surface area contributed by atoms with E-state index in [-0.39, 0.29) is 37.0 Å². The van der Waals surface area contributed by atoms with Gasteiger partial charge in [0.2, 0.25) is 5.91 Å². The van der Waals surface area contributed by atoms with E-state index in [1.54, 1.807) is 7.11 Å². The topological polar surface area (TPSA) is 116 Å². The number of aliphatic hydroxyl groups is 1. The molecule has 5 atom stereocenters. The van der Waals surface area contributed by atoms with Crippen molar-refractivity contribution in [2.24, 2.45) is 17.8 Å². The lowest BCUT2D eigenvalue weighted by molar-refractivity contribution is -0.182. The molecule has 0 aromatic heterocycles. The maximum absolute atomic E-state index is 13.6. The van der Waals surface area contributed by atoms with Crippen LogP contribution in [-0.4, -0.2) is 70.7 Å². The molecule has 202 valence electrons. The molecule has 1 aromatic carbocycles. The first-order valence-electron chi connectivity index (χ1n) is 13.7. The molecule has 8 nitrogen and oxygen atoms in total. The SMILES string of the molecule is COc1ccc2c(c1)C13CCN(CC4CC4)C(C2)C1(O)CC(CC(=O)NC(CC(C)C)C(=O)O)C(=O)C3. The van der Waals surface area contributed by atoms with Crippen LogP contribution in [0.1, 0.15) is 69.9 Å². The van der Waals surface area contributed by atoms with Crippen LogP contribution in [0.25, 0.3) is 0 Å². The molecule has 1 heterocycles. The summed E-state index contributed by atoms with van der Waals surface area (Å²) < 4.78 is 5.52. The molecule has 4 aliphatic rings. The second kappa shape index (κ2) is 9.70. The first kappa shape index (κ1) is 26.2. The lowest BCUT2D eigenvalue weighted by atomic mass is 9.47. The Balaban J connectivity index is 1.44. The van der Waals surface area contributed by atoms with Gasteiger partial charge in [-0.15, -0.1) is 0 Å². The van der Waals surface area contributed by atoms with Gasteiger partial charge in [-0.05, 0) is 80.2 Å². The fourth-order valence-electron chi connectivity index (χ4n) is 7.31. The molecular formula is C29H40N2O6. The summed E-state index contributed by atoms with van der Waals surface area (Å²) in [5.74, 6) is -0.680. The van der Waals surface area contributed by atoms with Crippen molar-refractivity contribution in [3.63, 3.8) is 0 Å². The van der Waals surface area contributed by atoms with Crippen LogP contribution in [0, 0.1) is 17.8 Å². The molecule has 5 rings (SSSR count). The van der Waals surface area contributed by atoms with Crippen LogP contribution >= 0.6 is 0 Å². The number of ketones is 1. The van der Waals surface area contributed by atoms with Crippen molar-refractivity contribution in [3.05, 3.63) is 29.3 Å². The number of hydrogen-bond acceptors (Lipinski definition) is 6. The largest absolute Gasteiger partial charge is 0.497 e. The number of carbonyl (C=O) groups is 3. The zero-order valence-corrected chi connectivity index (χ0v) is 22.2. The van der Waals surface area contributed by atoms with Crippen LogP contribution in [0.3, 0.4) is 0 Å². The Kier molecular flexibility index (Phi) is 6.86. The summed E-state index contributed by atoms with van der Waals surface area (Å²) in [6, 6.07) is 4.93. The lowest BCUT2D eigenvalue weighted by Gasteiger charge is -2.64. The number of hydrogen-bond donors (Lipinski definition) is 3. The molecule has 0 radical (unpaired) electrons. The maximum Gasteiger partial charge on any atom is 0.326 e. The number of carbonyl (C=O) groups excluding carboxylic acids is 2. The van der Waals surface area contributed by atoms with E-state index in [1.165, 1.54) is 12.8 Å². The second-order valence-corrected chi connectivity index (χ2v) is 12.3. The van der Waals surface area contributed by atoms with Crippen molar-refractivity contribution in [2.45, 2.75) is 88.3 Å². The van der Waals surface area contributed by atoms with Gasteiger partial charge in [-0.1, -0.05) is 19.9 Å². The zero-order chi connectivity index (χ0) is 26.5. The number of aliphatic carboxylic acids is 1. The number of Topliss-reactive ketones (excluding diaryl/α,β-unsaturated/α-hetero) is 1. The number of piperidine rings is 1. The van der Waals surface area contributed by atoms with Crippen LogP contribution in [0.15, 0.2) is 18.2 Å². The van der Waals surface area contributed by atoms with Crippen LogP contribution in [0.4, 0.5) is 0 Å². The van der Waals surface area contributed by atoms with Gasteiger partial charge in [-0.25, -0.2) is 4.79 Å². The number of nitrogens with one attached hydrogen (secondary N) is 1. The van der Waals surface area contributed by atoms with Gasteiger partial charge in [0.25, 0.3) is 0 Å². The van der Waals surface area contributed by atoms with Gasteiger partial charge in [0, 0.05) is 36.8 Å². The Labute approximate surface area is 218 Å². The van der Waals surface area contributed by atoms with E-state index in [0.717, 1.165) is 24.2 Å². The average Bonchev–Trinajstić information content (AvgIpc) is 3.65. The fraction of sp³-hybridized carbons (Fsp3) is 0.690. The van der Waals surface area contributed by atoms with E-state index in [1.807, 2.05) is 26.0 Å². The predicted molar refractivity (Wildman–Crippen MR) is 137 cm³/mol. The van der Waals surface area contributed by atoms with Gasteiger partial charge >= 0.3 is 5.97 Å². The number of methoxy groups -OCH3 is 1. The Bertz CT molecular complexity index is 1080. The van der Waals surface area contributed by atoms with E-state index >= 15 is 0 Å². The quantitative estimate of drug-likeness (QED) is 0.466. The van der Waals surface area contributed by atoms with E-state index in [2.05, 4.69) is 16.3 Å². The van der Waals surface area contributed by atoms with Crippen molar-refractivity contribution in [1.29, 1.82) is 0 Å². The van der Waals surface area contributed by atoms with Crippen molar-refractivity contribution in [1.82, 2.24) is 10.2 Å². The average molecular weight is 513 g/mol.